The minimum atomic E-state index is -3.46. The maximum Gasteiger partial charge on any atom is 0.321 e. The van der Waals surface area contributed by atoms with Crippen LogP contribution in [0.15, 0.2) is 29.2 Å². The van der Waals surface area contributed by atoms with Gasteiger partial charge in [0.15, 0.2) is 0 Å². The largest absolute Gasteiger partial charge is 0.324 e. The molecule has 0 aromatic heterocycles. The molecule has 0 radical (unpaired) electrons. The third-order valence-corrected chi connectivity index (χ3v) is 6.22. The molecule has 1 N–H and O–H groups in total. The van der Waals surface area contributed by atoms with Crippen LogP contribution < -0.4 is 5.32 Å². The van der Waals surface area contributed by atoms with Crippen LogP contribution in [0.3, 0.4) is 0 Å². The predicted octanol–water partition coefficient (Wildman–Crippen LogP) is 2.59. The highest BCUT2D eigenvalue weighted by molar-refractivity contribution is 7.89. The van der Waals surface area contributed by atoms with Crippen LogP contribution in [-0.4, -0.2) is 49.8 Å². The lowest BCUT2D eigenvalue weighted by atomic mass is 10.2. The van der Waals surface area contributed by atoms with Gasteiger partial charge in [-0.1, -0.05) is 20.8 Å². The second kappa shape index (κ2) is 7.31. The van der Waals surface area contributed by atoms with E-state index in [9.17, 15) is 13.2 Å². The van der Waals surface area contributed by atoms with E-state index in [-0.39, 0.29) is 10.9 Å². The van der Waals surface area contributed by atoms with Gasteiger partial charge in [-0.15, -0.1) is 0 Å². The van der Waals surface area contributed by atoms with Crippen LogP contribution >= 0.6 is 0 Å². The van der Waals surface area contributed by atoms with E-state index < -0.39 is 10.0 Å². The monoisotopic (exact) mass is 339 g/mol. The number of amides is 2. The summed E-state index contributed by atoms with van der Waals surface area (Å²) in [7, 11) is -3.46. The van der Waals surface area contributed by atoms with E-state index in [0.29, 0.717) is 24.7 Å². The zero-order chi connectivity index (χ0) is 17.0. The number of urea groups is 1. The van der Waals surface area contributed by atoms with Crippen molar-refractivity contribution in [3.8, 4) is 0 Å². The Morgan fingerprint density at radius 1 is 1.26 bits per heavy atom. The van der Waals surface area contributed by atoms with Crippen LogP contribution in [0.25, 0.3) is 0 Å². The molecule has 1 saturated heterocycles. The first-order valence-electron chi connectivity index (χ1n) is 8.04. The Kier molecular flexibility index (Phi) is 5.64. The third kappa shape index (κ3) is 4.03. The molecule has 7 heteroatoms. The summed E-state index contributed by atoms with van der Waals surface area (Å²) < 4.78 is 26.2. The van der Waals surface area contributed by atoms with Crippen LogP contribution in [0.5, 0.6) is 0 Å². The molecule has 0 spiro atoms. The highest BCUT2D eigenvalue weighted by Gasteiger charge is 2.24. The molecule has 1 atom stereocenters. The Balaban J connectivity index is 2.06. The fourth-order valence-electron chi connectivity index (χ4n) is 2.74. The first-order chi connectivity index (χ1) is 10.9. The second-order valence-corrected chi connectivity index (χ2v) is 7.82. The van der Waals surface area contributed by atoms with Crippen LogP contribution in [0.2, 0.25) is 0 Å². The summed E-state index contributed by atoms with van der Waals surface area (Å²) in [5, 5.41) is 2.82. The van der Waals surface area contributed by atoms with Crippen LogP contribution in [-0.2, 0) is 10.0 Å². The number of anilines is 1. The summed E-state index contributed by atoms with van der Waals surface area (Å²) in [5.41, 5.74) is 0.605. The van der Waals surface area contributed by atoms with Gasteiger partial charge in [0.2, 0.25) is 10.0 Å². The number of sulfonamides is 1. The van der Waals surface area contributed by atoms with E-state index in [1.54, 1.807) is 17.0 Å². The molecular formula is C16H25N3O3S. The maximum absolute atomic E-state index is 12.4. The number of likely N-dealkylation sites (tertiary alicyclic amines) is 1. The van der Waals surface area contributed by atoms with E-state index in [1.165, 1.54) is 16.4 Å². The van der Waals surface area contributed by atoms with Gasteiger partial charge in [-0.25, -0.2) is 13.2 Å². The molecule has 1 aliphatic rings. The molecule has 23 heavy (non-hydrogen) atoms. The summed E-state index contributed by atoms with van der Waals surface area (Å²) in [6, 6.07) is 6.21. The number of benzene rings is 1. The van der Waals surface area contributed by atoms with Crippen molar-refractivity contribution in [2.24, 2.45) is 5.92 Å². The number of carbonyl (C=O) groups is 1. The summed E-state index contributed by atoms with van der Waals surface area (Å²) in [6.45, 7) is 8.15. The van der Waals surface area contributed by atoms with Crippen molar-refractivity contribution < 1.29 is 13.2 Å². The first kappa shape index (κ1) is 17.7. The Hall–Kier alpha value is -1.60. The first-order valence-corrected chi connectivity index (χ1v) is 9.48. The average Bonchev–Trinajstić information content (AvgIpc) is 2.95. The van der Waals surface area contributed by atoms with Gasteiger partial charge in [0.05, 0.1) is 4.90 Å². The number of hydrogen-bond acceptors (Lipinski definition) is 3. The fraction of sp³-hybridized carbons (Fsp3) is 0.562. The third-order valence-electron chi connectivity index (χ3n) is 4.16. The molecule has 128 valence electrons. The van der Waals surface area contributed by atoms with Crippen molar-refractivity contribution in [2.75, 3.05) is 31.5 Å². The van der Waals surface area contributed by atoms with Crippen molar-refractivity contribution in [3.63, 3.8) is 0 Å². The van der Waals surface area contributed by atoms with Crippen molar-refractivity contribution in [1.82, 2.24) is 9.21 Å². The minimum Gasteiger partial charge on any atom is -0.324 e. The zero-order valence-electron chi connectivity index (χ0n) is 13.9. The summed E-state index contributed by atoms with van der Waals surface area (Å²) in [4.78, 5) is 14.2. The summed E-state index contributed by atoms with van der Waals surface area (Å²) in [5.74, 6) is 0.530. The zero-order valence-corrected chi connectivity index (χ0v) is 14.8. The number of hydrogen-bond donors (Lipinski definition) is 1. The van der Waals surface area contributed by atoms with Gasteiger partial charge < -0.3 is 10.2 Å². The summed E-state index contributed by atoms with van der Waals surface area (Å²) >= 11 is 0. The van der Waals surface area contributed by atoms with E-state index >= 15 is 0 Å². The highest BCUT2D eigenvalue weighted by atomic mass is 32.2. The molecule has 0 aliphatic carbocycles. The molecule has 1 aromatic rings. The average molecular weight is 339 g/mol. The lowest BCUT2D eigenvalue weighted by Gasteiger charge is -2.19. The van der Waals surface area contributed by atoms with Gasteiger partial charge in [0.25, 0.3) is 0 Å². The number of nitrogens with one attached hydrogen (secondary N) is 1. The van der Waals surface area contributed by atoms with Crippen LogP contribution in [0.4, 0.5) is 10.5 Å². The van der Waals surface area contributed by atoms with Gasteiger partial charge >= 0.3 is 6.03 Å². The van der Waals surface area contributed by atoms with Crippen molar-refractivity contribution in [1.29, 1.82) is 0 Å². The molecular weight excluding hydrogens is 314 g/mol. The molecule has 1 aromatic carbocycles. The van der Waals surface area contributed by atoms with Crippen molar-refractivity contribution in [3.05, 3.63) is 24.3 Å². The lowest BCUT2D eigenvalue weighted by Crippen LogP contribution is -2.33. The Morgan fingerprint density at radius 2 is 1.87 bits per heavy atom. The molecule has 0 bridgehead atoms. The highest BCUT2D eigenvalue weighted by Crippen LogP contribution is 2.20. The second-order valence-electron chi connectivity index (χ2n) is 5.88. The van der Waals surface area contributed by atoms with E-state index in [4.69, 9.17) is 0 Å². The quantitative estimate of drug-likeness (QED) is 0.896. The molecule has 2 rings (SSSR count). The van der Waals surface area contributed by atoms with Gasteiger partial charge in [0, 0.05) is 31.9 Å². The Morgan fingerprint density at radius 3 is 2.35 bits per heavy atom. The van der Waals surface area contributed by atoms with Crippen LogP contribution in [0.1, 0.15) is 27.2 Å². The molecule has 1 heterocycles. The molecule has 2 amide bonds. The SMILES string of the molecule is CCN(CC)S(=O)(=O)c1ccc(NC(=O)N2CC[C@H](C)C2)cc1. The molecule has 1 aliphatic heterocycles. The predicted molar refractivity (Wildman–Crippen MR) is 90.9 cm³/mol. The minimum absolute atomic E-state index is 0.131. The number of nitrogens with zero attached hydrogens (tertiary/aromatic N) is 2. The lowest BCUT2D eigenvalue weighted by molar-refractivity contribution is 0.221. The number of rotatable bonds is 5. The molecule has 6 nitrogen and oxygen atoms in total. The Labute approximate surface area is 138 Å². The van der Waals surface area contributed by atoms with Crippen molar-refractivity contribution in [2.45, 2.75) is 32.1 Å². The fourth-order valence-corrected chi connectivity index (χ4v) is 4.20. The molecule has 0 unspecified atom stereocenters. The normalized spacial score (nSPS) is 18.4. The molecule has 1 fully saturated rings. The Bertz CT molecular complexity index is 639. The van der Waals surface area contributed by atoms with Gasteiger partial charge in [-0.2, -0.15) is 4.31 Å². The van der Waals surface area contributed by atoms with E-state index in [2.05, 4.69) is 12.2 Å². The molecule has 0 saturated carbocycles. The maximum atomic E-state index is 12.4. The number of carbonyl (C=O) groups excluding carboxylic acids is 1. The standard InChI is InChI=1S/C16H25N3O3S/c1-4-19(5-2)23(21,22)15-8-6-14(7-9-15)17-16(20)18-11-10-13(3)12-18/h6-9,13H,4-5,10-12H2,1-3H3,(H,17,20)/t13-/m0/s1. The topological polar surface area (TPSA) is 69.7 Å². The van der Waals surface area contributed by atoms with Crippen molar-refractivity contribution >= 4 is 21.7 Å². The summed E-state index contributed by atoms with van der Waals surface area (Å²) in [6.07, 6.45) is 1.02. The van der Waals surface area contributed by atoms with E-state index in [1.807, 2.05) is 13.8 Å². The van der Waals surface area contributed by atoms with Gasteiger partial charge in [-0.05, 0) is 36.6 Å². The van der Waals surface area contributed by atoms with Gasteiger partial charge in [-0.3, -0.25) is 0 Å². The van der Waals surface area contributed by atoms with Gasteiger partial charge in [0.1, 0.15) is 0 Å². The smallest absolute Gasteiger partial charge is 0.321 e. The van der Waals surface area contributed by atoms with Crippen LogP contribution in [0, 0.1) is 5.92 Å². The van der Waals surface area contributed by atoms with E-state index in [0.717, 1.165) is 19.5 Å².